The van der Waals surface area contributed by atoms with E-state index in [4.69, 9.17) is 10.7 Å². The predicted molar refractivity (Wildman–Crippen MR) is 133 cm³/mol. The molecule has 2 aliphatic rings. The molecule has 2 heterocycles. The molecule has 2 aromatic carbocycles. The Morgan fingerprint density at radius 2 is 1.94 bits per heavy atom. The van der Waals surface area contributed by atoms with Crippen molar-refractivity contribution in [2.24, 2.45) is 15.7 Å². The van der Waals surface area contributed by atoms with Gasteiger partial charge in [0.2, 0.25) is 5.91 Å². The van der Waals surface area contributed by atoms with Gasteiger partial charge in [0.05, 0.1) is 12.2 Å². The summed E-state index contributed by atoms with van der Waals surface area (Å²) in [4.78, 5) is 24.5. The Morgan fingerprint density at radius 3 is 2.69 bits per heavy atom. The van der Waals surface area contributed by atoms with Gasteiger partial charge in [-0.25, -0.2) is 4.99 Å². The van der Waals surface area contributed by atoms with Crippen molar-refractivity contribution in [2.75, 3.05) is 18.4 Å². The largest absolute Gasteiger partial charge is 0.387 e. The molecule has 0 radical (unpaired) electrons. The third kappa shape index (κ3) is 4.44. The van der Waals surface area contributed by atoms with Crippen molar-refractivity contribution in [1.29, 1.82) is 0 Å². The minimum atomic E-state index is 0.0501. The smallest absolute Gasteiger partial charge is 0.250 e. The van der Waals surface area contributed by atoms with Crippen molar-refractivity contribution in [3.8, 4) is 0 Å². The van der Waals surface area contributed by atoms with Crippen molar-refractivity contribution in [1.82, 2.24) is 4.90 Å². The van der Waals surface area contributed by atoms with Gasteiger partial charge in [0.25, 0.3) is 0 Å². The van der Waals surface area contributed by atoms with Crippen LogP contribution in [0.1, 0.15) is 55.4 Å². The number of carbonyl (C=O) groups excluding carboxylic acids is 1. The molecule has 0 aromatic heterocycles. The Labute approximate surface area is 189 Å². The van der Waals surface area contributed by atoms with Crippen molar-refractivity contribution in [3.63, 3.8) is 0 Å². The van der Waals surface area contributed by atoms with Crippen molar-refractivity contribution >= 4 is 35.0 Å². The maximum absolute atomic E-state index is 13.2. The first-order chi connectivity index (χ1) is 15.5. The molecule has 3 N–H and O–H groups in total. The lowest BCUT2D eigenvalue weighted by molar-refractivity contribution is -0.127. The van der Waals surface area contributed by atoms with Crippen LogP contribution in [0.15, 0.2) is 52.0 Å². The summed E-state index contributed by atoms with van der Waals surface area (Å²) in [5, 5.41) is 3.45. The number of aryl methyl sites for hydroxylation is 1. The Morgan fingerprint density at radius 1 is 1.16 bits per heavy atom. The van der Waals surface area contributed by atoms with Gasteiger partial charge < -0.3 is 16.0 Å². The van der Waals surface area contributed by atoms with E-state index in [1.807, 2.05) is 29.2 Å². The van der Waals surface area contributed by atoms with Gasteiger partial charge in [-0.05, 0) is 43.5 Å². The SMILES string of the molecule is CCCN(CCC)C(=O)C1=Cc2ccc(C3=NCc4c(C)cccc4N3)cc2N=C(N)C1. The molecule has 1 amide bonds. The molecule has 0 saturated heterocycles. The first kappa shape index (κ1) is 21.8. The number of rotatable bonds is 6. The molecular weight excluding hydrogens is 398 g/mol. The molecule has 0 spiro atoms. The number of hydrogen-bond donors (Lipinski definition) is 2. The summed E-state index contributed by atoms with van der Waals surface area (Å²) in [6, 6.07) is 12.3. The van der Waals surface area contributed by atoms with E-state index in [9.17, 15) is 4.79 Å². The zero-order valence-electron chi connectivity index (χ0n) is 19.1. The highest BCUT2D eigenvalue weighted by Crippen LogP contribution is 2.30. The summed E-state index contributed by atoms with van der Waals surface area (Å²) >= 11 is 0. The Hall–Kier alpha value is -3.41. The summed E-state index contributed by atoms with van der Waals surface area (Å²) in [5.41, 5.74) is 13.1. The van der Waals surface area contributed by atoms with Gasteiger partial charge in [-0.1, -0.05) is 38.1 Å². The summed E-state index contributed by atoms with van der Waals surface area (Å²) in [6.45, 7) is 8.43. The van der Waals surface area contributed by atoms with E-state index in [2.05, 4.69) is 49.3 Å². The first-order valence-electron chi connectivity index (χ1n) is 11.4. The van der Waals surface area contributed by atoms with Gasteiger partial charge in [0.15, 0.2) is 0 Å². The molecule has 0 bridgehead atoms. The van der Waals surface area contributed by atoms with Crippen molar-refractivity contribution in [3.05, 3.63) is 64.2 Å². The zero-order chi connectivity index (χ0) is 22.7. The highest BCUT2D eigenvalue weighted by atomic mass is 16.2. The predicted octanol–water partition coefficient (Wildman–Crippen LogP) is 4.79. The number of nitrogens with one attached hydrogen (secondary N) is 1. The normalized spacial score (nSPS) is 14.8. The second-order valence-corrected chi connectivity index (χ2v) is 8.41. The number of fused-ring (bicyclic) bond motifs is 2. The number of benzene rings is 2. The van der Waals surface area contributed by atoms with E-state index in [1.54, 1.807) is 0 Å². The van der Waals surface area contributed by atoms with Gasteiger partial charge in [-0.15, -0.1) is 0 Å². The molecule has 6 nitrogen and oxygen atoms in total. The fourth-order valence-corrected chi connectivity index (χ4v) is 4.25. The highest BCUT2D eigenvalue weighted by molar-refractivity contribution is 6.11. The van der Waals surface area contributed by atoms with Crippen LogP contribution in [-0.4, -0.2) is 35.6 Å². The molecule has 32 heavy (non-hydrogen) atoms. The van der Waals surface area contributed by atoms with Crippen LogP contribution >= 0.6 is 0 Å². The minimum Gasteiger partial charge on any atom is -0.387 e. The van der Waals surface area contributed by atoms with Crippen LogP contribution in [-0.2, 0) is 11.3 Å². The fourth-order valence-electron chi connectivity index (χ4n) is 4.25. The number of hydrogen-bond acceptors (Lipinski definition) is 5. The summed E-state index contributed by atoms with van der Waals surface area (Å²) in [6.07, 6.45) is 4.16. The number of aliphatic imine (C=N–C) groups is 2. The van der Waals surface area contributed by atoms with E-state index in [0.29, 0.717) is 24.4 Å². The van der Waals surface area contributed by atoms with Gasteiger partial charge in [-0.3, -0.25) is 9.79 Å². The topological polar surface area (TPSA) is 83.1 Å². The molecule has 0 aliphatic carbocycles. The Balaban J connectivity index is 1.64. The van der Waals surface area contributed by atoms with Gasteiger partial charge >= 0.3 is 0 Å². The van der Waals surface area contributed by atoms with E-state index < -0.39 is 0 Å². The Kier molecular flexibility index (Phi) is 6.40. The lowest BCUT2D eigenvalue weighted by Gasteiger charge is -2.22. The van der Waals surface area contributed by atoms with Crippen LogP contribution in [0.3, 0.4) is 0 Å². The maximum Gasteiger partial charge on any atom is 0.250 e. The molecule has 166 valence electrons. The van der Waals surface area contributed by atoms with Gasteiger partial charge in [0.1, 0.15) is 11.7 Å². The third-order valence-electron chi connectivity index (χ3n) is 5.88. The number of anilines is 1. The number of carbonyl (C=O) groups is 1. The third-order valence-corrected chi connectivity index (χ3v) is 5.88. The molecule has 0 saturated carbocycles. The second kappa shape index (κ2) is 9.39. The molecule has 2 aromatic rings. The zero-order valence-corrected chi connectivity index (χ0v) is 19.1. The summed E-state index contributed by atoms with van der Waals surface area (Å²) in [7, 11) is 0. The van der Waals surface area contributed by atoms with Crippen molar-refractivity contribution in [2.45, 2.75) is 46.6 Å². The molecule has 6 heteroatoms. The molecule has 0 unspecified atom stereocenters. The molecule has 0 fully saturated rings. The summed E-state index contributed by atoms with van der Waals surface area (Å²) in [5.74, 6) is 1.32. The van der Waals surface area contributed by atoms with Gasteiger partial charge in [0, 0.05) is 47.5 Å². The molecule has 2 aliphatic heterocycles. The second-order valence-electron chi connectivity index (χ2n) is 8.41. The maximum atomic E-state index is 13.2. The van der Waals surface area contributed by atoms with E-state index in [0.717, 1.165) is 54.3 Å². The quantitative estimate of drug-likeness (QED) is 0.692. The lowest BCUT2D eigenvalue weighted by Crippen LogP contribution is -2.34. The van der Waals surface area contributed by atoms with E-state index in [-0.39, 0.29) is 5.91 Å². The average molecular weight is 430 g/mol. The van der Waals surface area contributed by atoms with Crippen LogP contribution in [0.2, 0.25) is 0 Å². The van der Waals surface area contributed by atoms with Crippen LogP contribution in [0.25, 0.3) is 6.08 Å². The van der Waals surface area contributed by atoms with Crippen LogP contribution < -0.4 is 11.1 Å². The first-order valence-corrected chi connectivity index (χ1v) is 11.4. The highest BCUT2D eigenvalue weighted by Gasteiger charge is 2.22. The van der Waals surface area contributed by atoms with Crippen LogP contribution in [0, 0.1) is 6.92 Å². The molecular formula is C26H31N5O. The lowest BCUT2D eigenvalue weighted by atomic mass is 10.0. The average Bonchev–Trinajstić information content (AvgIpc) is 2.95. The Bertz CT molecular complexity index is 1120. The van der Waals surface area contributed by atoms with Gasteiger partial charge in [-0.2, -0.15) is 0 Å². The van der Waals surface area contributed by atoms with E-state index in [1.165, 1.54) is 11.1 Å². The minimum absolute atomic E-state index is 0.0501. The monoisotopic (exact) mass is 429 g/mol. The number of amides is 1. The molecule has 4 rings (SSSR count). The standard InChI is InChI=1S/C26H31N5O/c1-4-11-31(12-5-2)26(32)20-13-18-9-10-19(14-23(18)29-24(27)15-20)25-28-16-21-17(3)7-6-8-22(21)30-25/h6-10,13-14H,4-5,11-12,15-16H2,1-3H3,(H2,27,29)(H,28,30). The number of nitrogens with zero attached hydrogens (tertiary/aromatic N) is 3. The van der Waals surface area contributed by atoms with Crippen molar-refractivity contribution < 1.29 is 4.79 Å². The van der Waals surface area contributed by atoms with E-state index >= 15 is 0 Å². The summed E-state index contributed by atoms with van der Waals surface area (Å²) < 4.78 is 0. The fraction of sp³-hybridized carbons (Fsp3) is 0.346. The number of amidine groups is 2. The van der Waals surface area contributed by atoms with Crippen LogP contribution in [0.5, 0.6) is 0 Å². The van der Waals surface area contributed by atoms with Crippen LogP contribution in [0.4, 0.5) is 11.4 Å². The molecule has 0 atom stereocenters. The number of nitrogens with two attached hydrogens (primary N) is 1.